The third kappa shape index (κ3) is 28.5. The maximum atomic E-state index is 12.1. The third-order valence-electron chi connectivity index (χ3n) is 6.53. The molecule has 0 aliphatic heterocycles. The molecule has 6 heteroatoms. The van der Waals surface area contributed by atoms with Gasteiger partial charge < -0.3 is 15.0 Å². The summed E-state index contributed by atoms with van der Waals surface area (Å²) in [6, 6.07) is 0. The molecule has 4 nitrogen and oxygen atoms in total. The van der Waals surface area contributed by atoms with Crippen LogP contribution in [-0.4, -0.2) is 67.3 Å². The van der Waals surface area contributed by atoms with Crippen molar-refractivity contribution in [3.8, 4) is 0 Å². The summed E-state index contributed by atoms with van der Waals surface area (Å²) < 4.78 is 5.58. The van der Waals surface area contributed by atoms with Gasteiger partial charge in [0, 0.05) is 24.1 Å². The van der Waals surface area contributed by atoms with Gasteiger partial charge in [0.25, 0.3) is 0 Å². The lowest BCUT2D eigenvalue weighted by Gasteiger charge is -2.17. The highest BCUT2D eigenvalue weighted by Crippen LogP contribution is 2.21. The Bertz CT molecular complexity index is 453. The molecule has 0 saturated carbocycles. The van der Waals surface area contributed by atoms with Crippen molar-refractivity contribution in [1.82, 2.24) is 10.2 Å². The number of hydrogen-bond donors (Lipinski definition) is 1. The second kappa shape index (κ2) is 29.5. The van der Waals surface area contributed by atoms with Gasteiger partial charge in [-0.05, 0) is 38.4 Å². The van der Waals surface area contributed by atoms with Crippen molar-refractivity contribution < 1.29 is 9.53 Å². The molecule has 216 valence electrons. The van der Waals surface area contributed by atoms with E-state index >= 15 is 0 Å². The molecular weight excluding hydrogens is 484 g/mol. The number of unbranched alkanes of at least 4 members (excludes halogenated alkanes) is 16. The Balaban J connectivity index is 3.98. The van der Waals surface area contributed by atoms with E-state index in [9.17, 15) is 4.79 Å². The molecule has 1 atom stereocenters. The molecule has 0 fully saturated rings. The van der Waals surface area contributed by atoms with Crippen molar-refractivity contribution in [2.75, 3.05) is 51.1 Å². The molecule has 1 unspecified atom stereocenters. The Kier molecular flexibility index (Phi) is 29.4. The molecule has 36 heavy (non-hydrogen) atoms. The van der Waals surface area contributed by atoms with Crippen LogP contribution >= 0.6 is 23.5 Å². The zero-order chi connectivity index (χ0) is 26.5. The number of alkyl carbamates (subject to hydrolysis) is 1. The Morgan fingerprint density at radius 2 is 1.19 bits per heavy atom. The second-order valence-corrected chi connectivity index (χ2v) is 13.1. The molecule has 0 rings (SSSR count). The maximum absolute atomic E-state index is 12.1. The van der Waals surface area contributed by atoms with Crippen molar-refractivity contribution in [2.24, 2.45) is 0 Å². The molecule has 1 N–H and O–H groups in total. The molecule has 1 amide bonds. The van der Waals surface area contributed by atoms with Gasteiger partial charge in [-0.25, -0.2) is 4.79 Å². The van der Waals surface area contributed by atoms with E-state index in [1.807, 2.05) is 25.9 Å². The number of rotatable bonds is 28. The van der Waals surface area contributed by atoms with E-state index in [0.717, 1.165) is 12.3 Å². The van der Waals surface area contributed by atoms with Crippen LogP contribution in [0.25, 0.3) is 0 Å². The molecule has 0 saturated heterocycles. The molecule has 0 spiro atoms. The van der Waals surface area contributed by atoms with Crippen molar-refractivity contribution >= 4 is 29.6 Å². The molecule has 0 bridgehead atoms. The van der Waals surface area contributed by atoms with Crippen LogP contribution in [0.15, 0.2) is 0 Å². The van der Waals surface area contributed by atoms with Gasteiger partial charge in [0.1, 0.15) is 6.61 Å². The number of amides is 1. The average Bonchev–Trinajstić information content (AvgIpc) is 2.86. The minimum absolute atomic E-state index is 0.269. The van der Waals surface area contributed by atoms with E-state index in [4.69, 9.17) is 4.74 Å². The minimum Gasteiger partial charge on any atom is -0.448 e. The van der Waals surface area contributed by atoms with Gasteiger partial charge in [0.2, 0.25) is 0 Å². The molecular formula is C30H62N2O2S2. The summed E-state index contributed by atoms with van der Waals surface area (Å²) in [5.74, 6) is 3.51. The molecule has 0 aliphatic rings. The van der Waals surface area contributed by atoms with Crippen LogP contribution in [0.4, 0.5) is 4.79 Å². The van der Waals surface area contributed by atoms with Crippen molar-refractivity contribution in [1.29, 1.82) is 0 Å². The fourth-order valence-electron chi connectivity index (χ4n) is 4.14. The number of thioether (sulfide) groups is 2. The van der Waals surface area contributed by atoms with E-state index in [1.54, 1.807) is 0 Å². The number of carbonyl (C=O) groups excluding carboxylic acids is 1. The topological polar surface area (TPSA) is 41.6 Å². The normalized spacial score (nSPS) is 12.2. The van der Waals surface area contributed by atoms with E-state index in [0.29, 0.717) is 18.4 Å². The summed E-state index contributed by atoms with van der Waals surface area (Å²) in [6.07, 6.45) is 24.5. The maximum Gasteiger partial charge on any atom is 0.407 e. The van der Waals surface area contributed by atoms with Crippen molar-refractivity contribution in [2.45, 2.75) is 135 Å². The van der Waals surface area contributed by atoms with Crippen LogP contribution in [0.5, 0.6) is 0 Å². The lowest BCUT2D eigenvalue weighted by molar-refractivity contribution is 0.147. The second-order valence-electron chi connectivity index (χ2n) is 10.6. The van der Waals surface area contributed by atoms with Crippen LogP contribution in [0.1, 0.15) is 129 Å². The highest BCUT2D eigenvalue weighted by atomic mass is 32.2. The zero-order valence-corrected chi connectivity index (χ0v) is 26.3. The average molecular weight is 547 g/mol. The third-order valence-corrected chi connectivity index (χ3v) is 9.25. The standard InChI is InChI=1S/C30H62N2O2S2/c1-5-7-9-11-13-15-17-19-21-25-35-28-29(27-34-30(33)31-23-24-32(3)4)36-26-22-20-18-16-14-12-10-8-6-2/h29H,5-28H2,1-4H3,(H,31,33). The summed E-state index contributed by atoms with van der Waals surface area (Å²) in [5, 5.41) is 3.28. The zero-order valence-electron chi connectivity index (χ0n) is 24.6. The first kappa shape index (κ1) is 35.9. The van der Waals surface area contributed by atoms with E-state index < -0.39 is 0 Å². The molecule has 0 aliphatic carbocycles. The van der Waals surface area contributed by atoms with Crippen LogP contribution in [0.3, 0.4) is 0 Å². The number of carbonyl (C=O) groups is 1. The van der Waals surface area contributed by atoms with Gasteiger partial charge in [-0.1, -0.05) is 117 Å². The van der Waals surface area contributed by atoms with Gasteiger partial charge in [0.05, 0.1) is 0 Å². The molecule has 0 radical (unpaired) electrons. The van der Waals surface area contributed by atoms with E-state index in [-0.39, 0.29) is 6.09 Å². The smallest absolute Gasteiger partial charge is 0.407 e. The Morgan fingerprint density at radius 1 is 0.722 bits per heavy atom. The van der Waals surface area contributed by atoms with Gasteiger partial charge >= 0.3 is 6.09 Å². The van der Waals surface area contributed by atoms with Gasteiger partial charge in [-0.3, -0.25) is 0 Å². The number of likely N-dealkylation sites (N-methyl/N-ethyl adjacent to an activating group) is 1. The predicted molar refractivity (Wildman–Crippen MR) is 166 cm³/mol. The lowest BCUT2D eigenvalue weighted by Crippen LogP contribution is -2.33. The summed E-state index contributed by atoms with van der Waals surface area (Å²) in [7, 11) is 4.02. The van der Waals surface area contributed by atoms with Crippen LogP contribution in [0, 0.1) is 0 Å². The number of nitrogens with zero attached hydrogens (tertiary/aromatic N) is 1. The Labute approximate surface area is 234 Å². The molecule has 0 aromatic carbocycles. The number of nitrogens with one attached hydrogen (secondary N) is 1. The van der Waals surface area contributed by atoms with E-state index in [1.165, 1.54) is 127 Å². The van der Waals surface area contributed by atoms with Crippen molar-refractivity contribution in [3.63, 3.8) is 0 Å². The number of ether oxygens (including phenoxy) is 1. The fourth-order valence-corrected chi connectivity index (χ4v) is 6.61. The molecule has 0 aromatic heterocycles. The predicted octanol–water partition coefficient (Wildman–Crippen LogP) is 9.17. The Morgan fingerprint density at radius 3 is 1.69 bits per heavy atom. The lowest BCUT2D eigenvalue weighted by atomic mass is 10.1. The quantitative estimate of drug-likeness (QED) is 0.0991. The number of hydrogen-bond acceptors (Lipinski definition) is 5. The van der Waals surface area contributed by atoms with Gasteiger partial charge in [-0.15, -0.1) is 0 Å². The molecule has 0 heterocycles. The van der Waals surface area contributed by atoms with Crippen LogP contribution in [0.2, 0.25) is 0 Å². The molecule has 0 aromatic rings. The van der Waals surface area contributed by atoms with Gasteiger partial charge in [-0.2, -0.15) is 23.5 Å². The SMILES string of the molecule is CCCCCCCCCCCSCC(COC(=O)NCCN(C)C)SCCCCCCCCCCC. The first-order valence-electron chi connectivity index (χ1n) is 15.3. The minimum atomic E-state index is -0.269. The first-order chi connectivity index (χ1) is 17.6. The monoisotopic (exact) mass is 546 g/mol. The largest absolute Gasteiger partial charge is 0.448 e. The van der Waals surface area contributed by atoms with Crippen LogP contribution < -0.4 is 5.32 Å². The van der Waals surface area contributed by atoms with Crippen molar-refractivity contribution in [3.05, 3.63) is 0 Å². The van der Waals surface area contributed by atoms with E-state index in [2.05, 4.69) is 35.8 Å². The highest BCUT2D eigenvalue weighted by Gasteiger charge is 2.13. The van der Waals surface area contributed by atoms with Gasteiger partial charge in [0.15, 0.2) is 0 Å². The first-order valence-corrected chi connectivity index (χ1v) is 17.5. The summed E-state index contributed by atoms with van der Waals surface area (Å²) in [6.45, 7) is 6.56. The van der Waals surface area contributed by atoms with Crippen LogP contribution in [-0.2, 0) is 4.74 Å². The summed E-state index contributed by atoms with van der Waals surface area (Å²) in [4.78, 5) is 14.1. The summed E-state index contributed by atoms with van der Waals surface area (Å²) >= 11 is 4.07. The Hall–Kier alpha value is -0.0700. The fraction of sp³-hybridized carbons (Fsp3) is 0.967. The highest BCUT2D eigenvalue weighted by molar-refractivity contribution is 8.03. The summed E-state index contributed by atoms with van der Waals surface area (Å²) in [5.41, 5.74) is 0.